The van der Waals surface area contributed by atoms with Crippen LogP contribution in [0.5, 0.6) is 0 Å². The molecule has 0 amide bonds. The highest BCUT2D eigenvalue weighted by molar-refractivity contribution is 6.69. The van der Waals surface area contributed by atoms with E-state index in [1.165, 1.54) is 0 Å². The van der Waals surface area contributed by atoms with E-state index < -0.39 is 8.80 Å². The molecule has 5 heteroatoms. The monoisotopic (exact) mass is 296 g/mol. The molecule has 0 rings (SSSR count). The van der Waals surface area contributed by atoms with Gasteiger partial charge in [-0.05, 0) is 62.3 Å². The molecule has 0 saturated carbocycles. The molecule has 0 heterocycles. The lowest BCUT2D eigenvalue weighted by Crippen LogP contribution is -2.59. The molecule has 110 valence electrons. The molecule has 0 saturated heterocycles. The van der Waals surface area contributed by atoms with Crippen molar-refractivity contribution in [2.75, 3.05) is 5.50 Å². The van der Waals surface area contributed by atoms with Gasteiger partial charge in [0.05, 0.1) is 22.3 Å². The highest BCUT2D eigenvalue weighted by Gasteiger charge is 2.49. The Kier molecular flexibility index (Phi) is 5.92. The number of halogens is 1. The van der Waals surface area contributed by atoms with E-state index in [9.17, 15) is 0 Å². The molecular formula is C13H29ClO3Si. The predicted octanol–water partition coefficient (Wildman–Crippen LogP) is 4.15. The average molecular weight is 297 g/mol. The lowest BCUT2D eigenvalue weighted by Gasteiger charge is -2.42. The minimum absolute atomic E-state index is 0.249. The number of alkyl halides is 1. The number of rotatable bonds is 4. The van der Waals surface area contributed by atoms with E-state index in [1.807, 2.05) is 62.3 Å². The Bertz CT molecular complexity index is 220. The largest absolute Gasteiger partial charge is 0.517 e. The quantitative estimate of drug-likeness (QED) is 0.576. The second-order valence-electron chi connectivity index (χ2n) is 7.46. The molecule has 18 heavy (non-hydrogen) atoms. The summed E-state index contributed by atoms with van der Waals surface area (Å²) in [5.74, 6) is 0. The molecule has 0 aromatic carbocycles. The molecule has 0 fully saturated rings. The van der Waals surface area contributed by atoms with E-state index in [4.69, 9.17) is 24.9 Å². The van der Waals surface area contributed by atoms with E-state index >= 15 is 0 Å². The van der Waals surface area contributed by atoms with Crippen molar-refractivity contribution in [1.29, 1.82) is 0 Å². The second kappa shape index (κ2) is 5.79. The maximum Gasteiger partial charge on any atom is 0.517 e. The maximum absolute atomic E-state index is 6.13. The molecule has 3 nitrogen and oxygen atoms in total. The van der Waals surface area contributed by atoms with Gasteiger partial charge >= 0.3 is 8.80 Å². The van der Waals surface area contributed by atoms with Gasteiger partial charge < -0.3 is 13.3 Å². The first-order valence-electron chi connectivity index (χ1n) is 6.35. The van der Waals surface area contributed by atoms with Crippen LogP contribution in [0.2, 0.25) is 0 Å². The Hall–Kier alpha value is 0.387. The van der Waals surface area contributed by atoms with Gasteiger partial charge in [0.15, 0.2) is 0 Å². The van der Waals surface area contributed by atoms with Gasteiger partial charge in [0, 0.05) is 0 Å². The van der Waals surface area contributed by atoms with Gasteiger partial charge in [0.1, 0.15) is 0 Å². The van der Waals surface area contributed by atoms with Crippen molar-refractivity contribution < 1.29 is 13.3 Å². The third kappa shape index (κ3) is 8.48. The lowest BCUT2D eigenvalue weighted by molar-refractivity contribution is -0.0717. The van der Waals surface area contributed by atoms with Crippen LogP contribution in [0.1, 0.15) is 62.3 Å². The maximum atomic E-state index is 6.13. The summed E-state index contributed by atoms with van der Waals surface area (Å²) >= 11 is 6.13. The predicted molar refractivity (Wildman–Crippen MR) is 79.0 cm³/mol. The molecule has 0 aliphatic heterocycles. The SMILES string of the molecule is CC(C)(C)O[Si](CCl)(OC(C)(C)C)OC(C)(C)C. The van der Waals surface area contributed by atoms with Gasteiger partial charge in [-0.25, -0.2) is 0 Å². The first-order valence-corrected chi connectivity index (χ1v) is 8.81. The molecule has 0 aromatic rings. The van der Waals surface area contributed by atoms with E-state index in [0.29, 0.717) is 0 Å². The van der Waals surface area contributed by atoms with Crippen molar-refractivity contribution in [3.63, 3.8) is 0 Å². The lowest BCUT2D eigenvalue weighted by atomic mass is 10.2. The minimum atomic E-state index is -2.91. The molecule has 0 unspecified atom stereocenters. The van der Waals surface area contributed by atoms with Crippen molar-refractivity contribution in [2.45, 2.75) is 79.1 Å². The van der Waals surface area contributed by atoms with E-state index in [0.717, 1.165) is 0 Å². The Morgan fingerprint density at radius 1 is 0.667 bits per heavy atom. The molecule has 0 aromatic heterocycles. The highest BCUT2D eigenvalue weighted by Crippen LogP contribution is 2.29. The fraction of sp³-hybridized carbons (Fsp3) is 1.00. The normalized spacial score (nSPS) is 15.0. The molecule has 0 radical (unpaired) electrons. The van der Waals surface area contributed by atoms with Crippen LogP contribution in [0.15, 0.2) is 0 Å². The molecule has 0 bridgehead atoms. The summed E-state index contributed by atoms with van der Waals surface area (Å²) in [6, 6.07) is 0. The fourth-order valence-electron chi connectivity index (χ4n) is 1.54. The van der Waals surface area contributed by atoms with Crippen LogP contribution in [0, 0.1) is 0 Å². The Morgan fingerprint density at radius 3 is 1.00 bits per heavy atom. The molecule has 0 aliphatic carbocycles. The van der Waals surface area contributed by atoms with Crippen molar-refractivity contribution >= 4 is 20.4 Å². The van der Waals surface area contributed by atoms with Crippen molar-refractivity contribution in [2.24, 2.45) is 0 Å². The van der Waals surface area contributed by atoms with Gasteiger partial charge in [0.25, 0.3) is 0 Å². The van der Waals surface area contributed by atoms with Gasteiger partial charge in [-0.3, -0.25) is 0 Å². The van der Waals surface area contributed by atoms with Crippen LogP contribution >= 0.6 is 11.6 Å². The van der Waals surface area contributed by atoms with E-state index in [1.54, 1.807) is 0 Å². The summed E-state index contributed by atoms with van der Waals surface area (Å²) in [6.07, 6.45) is 0. The Morgan fingerprint density at radius 2 is 0.889 bits per heavy atom. The van der Waals surface area contributed by atoms with Crippen LogP contribution in [0.25, 0.3) is 0 Å². The van der Waals surface area contributed by atoms with Gasteiger partial charge in [-0.2, -0.15) is 0 Å². The van der Waals surface area contributed by atoms with Gasteiger partial charge in [0.2, 0.25) is 0 Å². The van der Waals surface area contributed by atoms with Crippen molar-refractivity contribution in [3.8, 4) is 0 Å². The number of hydrogen-bond acceptors (Lipinski definition) is 3. The van der Waals surface area contributed by atoms with Crippen molar-refractivity contribution in [3.05, 3.63) is 0 Å². The third-order valence-corrected chi connectivity index (χ3v) is 5.63. The molecule has 0 spiro atoms. The van der Waals surface area contributed by atoms with Crippen LogP contribution in [0.3, 0.4) is 0 Å². The minimum Gasteiger partial charge on any atom is -0.368 e. The second-order valence-corrected chi connectivity index (χ2v) is 10.5. The zero-order valence-corrected chi connectivity index (χ0v) is 15.1. The zero-order valence-electron chi connectivity index (χ0n) is 13.3. The molecule has 0 atom stereocenters. The summed E-state index contributed by atoms with van der Waals surface area (Å²) in [5, 5.41) is 0. The molecule has 0 N–H and O–H groups in total. The van der Waals surface area contributed by atoms with Crippen LogP contribution < -0.4 is 0 Å². The van der Waals surface area contributed by atoms with Gasteiger partial charge in [-0.15, -0.1) is 11.6 Å². The average Bonchev–Trinajstić information content (AvgIpc) is 1.93. The first-order chi connectivity index (χ1) is 7.68. The zero-order chi connectivity index (χ0) is 14.8. The Labute approximate surface area is 119 Å². The summed E-state index contributed by atoms with van der Waals surface area (Å²) in [6.45, 7) is 17.9. The van der Waals surface area contributed by atoms with Crippen LogP contribution in [0.4, 0.5) is 0 Å². The molecule has 0 aliphatic rings. The topological polar surface area (TPSA) is 27.7 Å². The third-order valence-electron chi connectivity index (χ3n) is 1.55. The summed E-state index contributed by atoms with van der Waals surface area (Å²) < 4.78 is 18.3. The highest BCUT2D eigenvalue weighted by atomic mass is 35.5. The Balaban J connectivity index is 5.20. The number of hydrogen-bond donors (Lipinski definition) is 0. The molecular weight excluding hydrogens is 268 g/mol. The first kappa shape index (κ1) is 18.4. The van der Waals surface area contributed by atoms with E-state index in [-0.39, 0.29) is 22.3 Å². The van der Waals surface area contributed by atoms with Crippen LogP contribution in [-0.2, 0) is 13.3 Å². The smallest absolute Gasteiger partial charge is 0.368 e. The summed E-state index contributed by atoms with van der Waals surface area (Å²) in [5.41, 5.74) is -0.800. The summed E-state index contributed by atoms with van der Waals surface area (Å²) in [7, 11) is -2.91. The standard InChI is InChI=1S/C13H29ClO3Si/c1-11(2,3)15-18(10-14,16-12(4,5)6)17-13(7,8)9/h10H2,1-9H3. The van der Waals surface area contributed by atoms with Crippen LogP contribution in [-0.4, -0.2) is 31.1 Å². The fourth-order valence-corrected chi connectivity index (χ4v) is 5.12. The van der Waals surface area contributed by atoms with Gasteiger partial charge in [-0.1, -0.05) is 0 Å². The van der Waals surface area contributed by atoms with Crippen molar-refractivity contribution in [1.82, 2.24) is 0 Å². The summed E-state index contributed by atoms with van der Waals surface area (Å²) in [4.78, 5) is 0. The van der Waals surface area contributed by atoms with E-state index in [2.05, 4.69) is 0 Å².